The van der Waals surface area contributed by atoms with Crippen molar-refractivity contribution in [3.05, 3.63) is 66.0 Å². The summed E-state index contributed by atoms with van der Waals surface area (Å²) in [6.45, 7) is 4.37. The molecule has 1 aromatic heterocycles. The molecule has 2 aromatic carbocycles. The van der Waals surface area contributed by atoms with Gasteiger partial charge in [0.05, 0.1) is 28.1 Å². The normalized spacial score (nSPS) is 12.2. The molecule has 7 nitrogen and oxygen atoms in total. The number of ether oxygens (including phenoxy) is 1. The van der Waals surface area contributed by atoms with E-state index in [0.717, 1.165) is 5.52 Å². The van der Waals surface area contributed by atoms with Crippen LogP contribution in [0.3, 0.4) is 0 Å². The Bertz CT molecular complexity index is 1180. The van der Waals surface area contributed by atoms with E-state index in [1.807, 2.05) is 30.3 Å². The van der Waals surface area contributed by atoms with Crippen LogP contribution in [0.5, 0.6) is 5.75 Å². The van der Waals surface area contributed by atoms with Gasteiger partial charge in [-0.3, -0.25) is 4.79 Å². The maximum absolute atomic E-state index is 12.3. The highest BCUT2D eigenvalue weighted by Gasteiger charge is 2.12. The number of carbonyl (C=O) groups is 1. The lowest BCUT2D eigenvalue weighted by molar-refractivity contribution is -0.118. The summed E-state index contributed by atoms with van der Waals surface area (Å²) >= 11 is 1.22. The fraction of sp³-hybridized carbons (Fsp3) is 0.158. The summed E-state index contributed by atoms with van der Waals surface area (Å²) in [7, 11) is -3.81. The quantitative estimate of drug-likeness (QED) is 0.596. The first-order chi connectivity index (χ1) is 13.4. The molecule has 0 bridgehead atoms. The van der Waals surface area contributed by atoms with Gasteiger partial charge in [0.2, 0.25) is 10.0 Å². The van der Waals surface area contributed by atoms with Crippen LogP contribution < -0.4 is 14.7 Å². The number of hydrogen-bond acceptors (Lipinski definition) is 5. The lowest BCUT2D eigenvalue weighted by Crippen LogP contribution is -2.17. The molecule has 3 aromatic rings. The van der Waals surface area contributed by atoms with E-state index in [1.165, 1.54) is 23.5 Å². The molecule has 0 saturated heterocycles. The third-order valence-electron chi connectivity index (χ3n) is 3.84. The Balaban J connectivity index is 1.86. The van der Waals surface area contributed by atoms with Crippen LogP contribution in [0.25, 0.3) is 10.2 Å². The van der Waals surface area contributed by atoms with Crippen molar-refractivity contribution in [1.82, 2.24) is 4.57 Å². The molecule has 0 fully saturated rings. The van der Waals surface area contributed by atoms with Gasteiger partial charge in [-0.05, 0) is 30.3 Å². The molecule has 9 heteroatoms. The SMILES string of the molecule is C=CCn1c(=NC(=O)CCOc2ccccc2)sc2cc(S(N)(=O)=O)ccc21. The molecule has 1 heterocycles. The summed E-state index contributed by atoms with van der Waals surface area (Å²) in [6.07, 6.45) is 1.81. The number of amides is 1. The standard InChI is InChI=1S/C19H19N3O4S2/c1-2-11-22-16-9-8-15(28(20,24)25)13-17(16)27-19(22)21-18(23)10-12-26-14-6-4-3-5-7-14/h2-9,13H,1,10-12H2,(H2,20,24,25). The summed E-state index contributed by atoms with van der Waals surface area (Å²) < 4.78 is 31.1. The number of benzene rings is 2. The number of rotatable bonds is 7. The van der Waals surface area contributed by atoms with Crippen molar-refractivity contribution in [3.63, 3.8) is 0 Å². The van der Waals surface area contributed by atoms with E-state index in [9.17, 15) is 13.2 Å². The van der Waals surface area contributed by atoms with Crippen molar-refractivity contribution in [3.8, 4) is 5.75 Å². The topological polar surface area (TPSA) is 104 Å². The predicted octanol–water partition coefficient (Wildman–Crippen LogP) is 2.43. The fourth-order valence-electron chi connectivity index (χ4n) is 2.56. The summed E-state index contributed by atoms with van der Waals surface area (Å²) in [5.74, 6) is 0.362. The zero-order valence-electron chi connectivity index (χ0n) is 14.9. The highest BCUT2D eigenvalue weighted by molar-refractivity contribution is 7.89. The average molecular weight is 418 g/mol. The van der Waals surface area contributed by atoms with Crippen LogP contribution in [0.2, 0.25) is 0 Å². The number of thiazole rings is 1. The number of carbonyl (C=O) groups excluding carboxylic acids is 1. The number of nitrogens with two attached hydrogens (primary N) is 1. The number of allylic oxidation sites excluding steroid dienone is 1. The van der Waals surface area contributed by atoms with Gasteiger partial charge >= 0.3 is 0 Å². The molecule has 0 spiro atoms. The molecular formula is C19H19N3O4S2. The molecule has 0 radical (unpaired) electrons. The van der Waals surface area contributed by atoms with Crippen molar-refractivity contribution in [2.75, 3.05) is 6.61 Å². The number of para-hydroxylation sites is 1. The Morgan fingerprint density at radius 3 is 2.68 bits per heavy atom. The number of primary sulfonamides is 1. The van der Waals surface area contributed by atoms with Gasteiger partial charge in [-0.1, -0.05) is 35.6 Å². The maximum Gasteiger partial charge on any atom is 0.251 e. The van der Waals surface area contributed by atoms with Crippen LogP contribution in [-0.4, -0.2) is 25.5 Å². The predicted molar refractivity (Wildman–Crippen MR) is 109 cm³/mol. The van der Waals surface area contributed by atoms with Gasteiger partial charge in [0.25, 0.3) is 5.91 Å². The zero-order valence-corrected chi connectivity index (χ0v) is 16.6. The number of fused-ring (bicyclic) bond motifs is 1. The van der Waals surface area contributed by atoms with Gasteiger partial charge in [-0.15, -0.1) is 6.58 Å². The summed E-state index contributed by atoms with van der Waals surface area (Å²) in [5, 5.41) is 5.20. The lowest BCUT2D eigenvalue weighted by Gasteiger charge is -2.04. The average Bonchev–Trinajstić information content (AvgIpc) is 2.99. The lowest BCUT2D eigenvalue weighted by atomic mass is 10.3. The third-order valence-corrected chi connectivity index (χ3v) is 5.79. The van der Waals surface area contributed by atoms with Crippen molar-refractivity contribution in [2.24, 2.45) is 10.1 Å². The molecular weight excluding hydrogens is 398 g/mol. The van der Waals surface area contributed by atoms with E-state index in [0.29, 0.717) is 21.8 Å². The Morgan fingerprint density at radius 2 is 2.00 bits per heavy atom. The summed E-state index contributed by atoms with van der Waals surface area (Å²) in [6, 6.07) is 13.8. The minimum atomic E-state index is -3.81. The van der Waals surface area contributed by atoms with Crippen LogP contribution in [0.15, 0.2) is 71.1 Å². The highest BCUT2D eigenvalue weighted by Crippen LogP contribution is 2.21. The zero-order chi connectivity index (χ0) is 20.1. The van der Waals surface area contributed by atoms with E-state index in [4.69, 9.17) is 9.88 Å². The van der Waals surface area contributed by atoms with E-state index >= 15 is 0 Å². The Kier molecular flexibility index (Phi) is 6.08. The Morgan fingerprint density at radius 1 is 1.25 bits per heavy atom. The fourth-order valence-corrected chi connectivity index (χ4v) is 4.27. The smallest absolute Gasteiger partial charge is 0.251 e. The Hall–Kier alpha value is -2.75. The molecule has 0 saturated carbocycles. The largest absolute Gasteiger partial charge is 0.493 e. The van der Waals surface area contributed by atoms with Crippen LogP contribution in [-0.2, 0) is 21.4 Å². The summed E-state index contributed by atoms with van der Waals surface area (Å²) in [5.41, 5.74) is 0.754. The third kappa shape index (κ3) is 4.75. The highest BCUT2D eigenvalue weighted by atomic mass is 32.2. The van der Waals surface area contributed by atoms with Gasteiger partial charge in [-0.25, -0.2) is 13.6 Å². The van der Waals surface area contributed by atoms with E-state index in [1.54, 1.807) is 16.7 Å². The second-order valence-electron chi connectivity index (χ2n) is 5.88. The number of nitrogens with zero attached hydrogens (tertiary/aromatic N) is 2. The van der Waals surface area contributed by atoms with Crippen LogP contribution in [0.1, 0.15) is 6.42 Å². The first-order valence-electron chi connectivity index (χ1n) is 8.41. The minimum Gasteiger partial charge on any atom is -0.493 e. The molecule has 0 aliphatic carbocycles. The number of sulfonamides is 1. The monoisotopic (exact) mass is 417 g/mol. The molecule has 0 unspecified atom stereocenters. The molecule has 28 heavy (non-hydrogen) atoms. The second kappa shape index (κ2) is 8.51. The molecule has 146 valence electrons. The van der Waals surface area contributed by atoms with Crippen LogP contribution in [0, 0.1) is 0 Å². The van der Waals surface area contributed by atoms with Crippen molar-refractivity contribution >= 4 is 37.5 Å². The van der Waals surface area contributed by atoms with Crippen molar-refractivity contribution in [1.29, 1.82) is 0 Å². The van der Waals surface area contributed by atoms with Crippen LogP contribution >= 0.6 is 11.3 Å². The van der Waals surface area contributed by atoms with E-state index in [-0.39, 0.29) is 23.8 Å². The van der Waals surface area contributed by atoms with Gasteiger partial charge in [0, 0.05) is 6.54 Å². The Labute approximate surface area is 166 Å². The van der Waals surface area contributed by atoms with Gasteiger partial charge < -0.3 is 9.30 Å². The molecule has 0 aliphatic heterocycles. The summed E-state index contributed by atoms with van der Waals surface area (Å²) in [4.78, 5) is 16.9. The molecule has 3 rings (SSSR count). The first kappa shape index (κ1) is 20.0. The number of aromatic nitrogens is 1. The molecule has 1 amide bonds. The molecule has 0 atom stereocenters. The van der Waals surface area contributed by atoms with Gasteiger partial charge in [0.15, 0.2) is 4.80 Å². The van der Waals surface area contributed by atoms with Gasteiger partial charge in [0.1, 0.15) is 5.75 Å². The maximum atomic E-state index is 12.3. The van der Waals surface area contributed by atoms with Crippen LogP contribution in [0.4, 0.5) is 0 Å². The molecule has 0 aliphatic rings. The van der Waals surface area contributed by atoms with E-state index < -0.39 is 10.0 Å². The minimum absolute atomic E-state index is 0.0149. The second-order valence-corrected chi connectivity index (χ2v) is 8.45. The van der Waals surface area contributed by atoms with E-state index in [2.05, 4.69) is 11.6 Å². The molecule has 2 N–H and O–H groups in total. The van der Waals surface area contributed by atoms with Crippen molar-refractivity contribution in [2.45, 2.75) is 17.9 Å². The first-order valence-corrected chi connectivity index (χ1v) is 10.8. The number of hydrogen-bond donors (Lipinski definition) is 1. The van der Waals surface area contributed by atoms with Gasteiger partial charge in [-0.2, -0.15) is 4.99 Å². The van der Waals surface area contributed by atoms with Crippen molar-refractivity contribution < 1.29 is 17.9 Å².